The highest BCUT2D eigenvalue weighted by molar-refractivity contribution is 7.51. The predicted molar refractivity (Wildman–Crippen MR) is 70.5 cm³/mol. The molecule has 0 aliphatic rings. The minimum atomic E-state index is -4.37. The second-order valence-corrected chi connectivity index (χ2v) is 6.02. The molecule has 0 aliphatic heterocycles. The molecule has 0 radical (unpaired) electrons. The lowest BCUT2D eigenvalue weighted by atomic mass is 10.0. The summed E-state index contributed by atoms with van der Waals surface area (Å²) in [7, 11) is -4.37. The van der Waals surface area contributed by atoms with E-state index in [1.165, 1.54) is 18.2 Å². The molecule has 20 heavy (non-hydrogen) atoms. The van der Waals surface area contributed by atoms with E-state index in [0.717, 1.165) is 0 Å². The predicted octanol–water partition coefficient (Wildman–Crippen LogP) is 0.997. The van der Waals surface area contributed by atoms with Crippen LogP contribution in [0, 0.1) is 5.92 Å². The zero-order valence-corrected chi connectivity index (χ0v) is 11.8. The standard InChI is InChI=1S/C12H17O7P/c1-2-19-12(15)9(7-20(16,17)18)5-8-3-4-10(13)11(14)6-8/h3-4,6,9,13-14H,2,5,7H2,1H3,(H2,16,17,18). The number of esters is 1. The number of aromatic hydroxyl groups is 2. The Morgan fingerprint density at radius 3 is 2.45 bits per heavy atom. The number of carbonyl (C=O) groups excluding carboxylic acids is 1. The van der Waals surface area contributed by atoms with Crippen LogP contribution in [0.4, 0.5) is 0 Å². The average Bonchev–Trinajstić information content (AvgIpc) is 2.31. The normalized spacial score (nSPS) is 12.9. The van der Waals surface area contributed by atoms with Gasteiger partial charge in [0.15, 0.2) is 11.5 Å². The highest BCUT2D eigenvalue weighted by Gasteiger charge is 2.29. The van der Waals surface area contributed by atoms with E-state index in [9.17, 15) is 19.6 Å². The van der Waals surface area contributed by atoms with Gasteiger partial charge in [-0.2, -0.15) is 0 Å². The lowest BCUT2D eigenvalue weighted by molar-refractivity contribution is -0.147. The minimum Gasteiger partial charge on any atom is -0.504 e. The van der Waals surface area contributed by atoms with Gasteiger partial charge in [-0.1, -0.05) is 6.07 Å². The van der Waals surface area contributed by atoms with Crippen LogP contribution >= 0.6 is 7.60 Å². The number of carbonyl (C=O) groups is 1. The Morgan fingerprint density at radius 2 is 1.95 bits per heavy atom. The molecule has 1 aromatic carbocycles. The van der Waals surface area contributed by atoms with Gasteiger partial charge in [-0.15, -0.1) is 0 Å². The van der Waals surface area contributed by atoms with Crippen molar-refractivity contribution in [1.82, 2.24) is 0 Å². The summed E-state index contributed by atoms with van der Waals surface area (Å²) in [6.07, 6.45) is -0.634. The van der Waals surface area contributed by atoms with Crippen molar-refractivity contribution in [2.75, 3.05) is 12.8 Å². The van der Waals surface area contributed by atoms with Crippen molar-refractivity contribution in [2.45, 2.75) is 13.3 Å². The first-order valence-electron chi connectivity index (χ1n) is 5.95. The van der Waals surface area contributed by atoms with Crippen LogP contribution < -0.4 is 0 Å². The Morgan fingerprint density at radius 1 is 1.30 bits per heavy atom. The van der Waals surface area contributed by atoms with Crippen molar-refractivity contribution in [3.63, 3.8) is 0 Å². The summed E-state index contributed by atoms with van der Waals surface area (Å²) in [6, 6.07) is 3.94. The summed E-state index contributed by atoms with van der Waals surface area (Å²) in [5, 5.41) is 18.6. The van der Waals surface area contributed by atoms with Crippen LogP contribution in [0.2, 0.25) is 0 Å². The molecule has 0 heterocycles. The van der Waals surface area contributed by atoms with Gasteiger partial charge in [0, 0.05) is 0 Å². The van der Waals surface area contributed by atoms with Gasteiger partial charge in [0.05, 0.1) is 18.7 Å². The van der Waals surface area contributed by atoms with Crippen LogP contribution in [0.1, 0.15) is 12.5 Å². The summed E-state index contributed by atoms with van der Waals surface area (Å²) in [5.74, 6) is -2.39. The average molecular weight is 304 g/mol. The van der Waals surface area contributed by atoms with Gasteiger partial charge in [-0.05, 0) is 31.0 Å². The Labute approximate surface area is 116 Å². The van der Waals surface area contributed by atoms with Crippen molar-refractivity contribution in [1.29, 1.82) is 0 Å². The lowest BCUT2D eigenvalue weighted by Gasteiger charge is -2.16. The van der Waals surface area contributed by atoms with Crippen molar-refractivity contribution in [3.8, 4) is 11.5 Å². The van der Waals surface area contributed by atoms with Gasteiger partial charge in [0.1, 0.15) is 0 Å². The Bertz CT molecular complexity index is 523. The molecule has 1 atom stereocenters. The van der Waals surface area contributed by atoms with E-state index in [-0.39, 0.29) is 24.5 Å². The van der Waals surface area contributed by atoms with E-state index in [1.54, 1.807) is 6.92 Å². The molecule has 4 N–H and O–H groups in total. The molecule has 0 aliphatic carbocycles. The summed E-state index contributed by atoms with van der Waals surface area (Å²) < 4.78 is 15.8. The highest BCUT2D eigenvalue weighted by atomic mass is 31.2. The van der Waals surface area contributed by atoms with Crippen LogP contribution in [-0.4, -0.2) is 38.7 Å². The first kappa shape index (κ1) is 16.5. The number of hydrogen-bond donors (Lipinski definition) is 4. The number of hydrogen-bond acceptors (Lipinski definition) is 5. The third-order valence-corrected chi connectivity index (χ3v) is 3.52. The van der Waals surface area contributed by atoms with Crippen LogP contribution in [0.15, 0.2) is 18.2 Å². The number of phenols is 2. The van der Waals surface area contributed by atoms with E-state index in [1.807, 2.05) is 0 Å². The van der Waals surface area contributed by atoms with Gasteiger partial charge in [-0.25, -0.2) is 0 Å². The fourth-order valence-electron chi connectivity index (χ4n) is 1.75. The van der Waals surface area contributed by atoms with Crippen molar-refractivity contribution >= 4 is 13.6 Å². The summed E-state index contributed by atoms with van der Waals surface area (Å²) in [4.78, 5) is 29.7. The third-order valence-electron chi connectivity index (χ3n) is 2.60. The Hall–Kier alpha value is -1.56. The molecule has 0 amide bonds. The van der Waals surface area contributed by atoms with Gasteiger partial charge in [-0.3, -0.25) is 9.36 Å². The molecule has 0 bridgehead atoms. The molecular formula is C12H17O7P. The summed E-state index contributed by atoms with van der Waals surface area (Å²) in [5.41, 5.74) is 0.465. The molecule has 0 spiro atoms. The van der Waals surface area contributed by atoms with E-state index in [0.29, 0.717) is 5.56 Å². The van der Waals surface area contributed by atoms with Crippen LogP contribution in [-0.2, 0) is 20.5 Å². The van der Waals surface area contributed by atoms with Crippen LogP contribution in [0.5, 0.6) is 11.5 Å². The quantitative estimate of drug-likeness (QED) is 0.351. The molecule has 7 nitrogen and oxygen atoms in total. The second-order valence-electron chi connectivity index (χ2n) is 4.32. The first-order valence-corrected chi connectivity index (χ1v) is 7.74. The molecule has 1 aromatic rings. The molecular weight excluding hydrogens is 287 g/mol. The largest absolute Gasteiger partial charge is 0.504 e. The Kier molecular flexibility index (Phi) is 5.56. The molecule has 1 rings (SSSR count). The zero-order valence-electron chi connectivity index (χ0n) is 10.9. The van der Waals surface area contributed by atoms with Gasteiger partial charge in [0.2, 0.25) is 0 Å². The maximum atomic E-state index is 11.7. The molecule has 0 aromatic heterocycles. The maximum Gasteiger partial charge on any atom is 0.326 e. The maximum absolute atomic E-state index is 11.7. The van der Waals surface area contributed by atoms with Gasteiger partial charge < -0.3 is 24.7 Å². The van der Waals surface area contributed by atoms with E-state index in [4.69, 9.17) is 14.5 Å². The second kappa shape index (κ2) is 6.74. The molecule has 0 saturated heterocycles. The van der Waals surface area contributed by atoms with Crippen molar-refractivity contribution < 1.29 is 34.1 Å². The van der Waals surface area contributed by atoms with Crippen molar-refractivity contribution in [3.05, 3.63) is 23.8 Å². The Balaban J connectivity index is 2.90. The van der Waals surface area contributed by atoms with Crippen molar-refractivity contribution in [2.24, 2.45) is 5.92 Å². The van der Waals surface area contributed by atoms with Gasteiger partial charge >= 0.3 is 13.6 Å². The number of benzene rings is 1. The topological polar surface area (TPSA) is 124 Å². The summed E-state index contributed by atoms with van der Waals surface area (Å²) >= 11 is 0. The van der Waals surface area contributed by atoms with E-state index < -0.39 is 25.6 Å². The number of rotatable bonds is 6. The zero-order chi connectivity index (χ0) is 15.3. The number of ether oxygens (including phenoxy) is 1. The lowest BCUT2D eigenvalue weighted by Crippen LogP contribution is -2.23. The fraction of sp³-hybridized carbons (Fsp3) is 0.417. The molecule has 0 saturated carbocycles. The van der Waals surface area contributed by atoms with E-state index in [2.05, 4.69) is 0 Å². The van der Waals surface area contributed by atoms with Gasteiger partial charge in [0.25, 0.3) is 0 Å². The SMILES string of the molecule is CCOC(=O)C(Cc1ccc(O)c(O)c1)CP(=O)(O)O. The van der Waals surface area contributed by atoms with Crippen LogP contribution in [0.3, 0.4) is 0 Å². The first-order chi connectivity index (χ1) is 9.23. The molecule has 112 valence electrons. The summed E-state index contributed by atoms with van der Waals surface area (Å²) in [6.45, 7) is 1.70. The smallest absolute Gasteiger partial charge is 0.326 e. The van der Waals surface area contributed by atoms with Crippen LogP contribution in [0.25, 0.3) is 0 Å². The highest BCUT2D eigenvalue weighted by Crippen LogP contribution is 2.38. The minimum absolute atomic E-state index is 0.00220. The fourth-order valence-corrected chi connectivity index (χ4v) is 2.60. The molecule has 1 unspecified atom stereocenters. The van der Waals surface area contributed by atoms with E-state index >= 15 is 0 Å². The molecule has 0 fully saturated rings. The molecule has 8 heteroatoms. The number of phenolic OH excluding ortho intramolecular Hbond substituents is 2. The monoisotopic (exact) mass is 304 g/mol. The third kappa shape index (κ3) is 5.21.